The molecule has 0 spiro atoms. The molecule has 0 atom stereocenters. The lowest BCUT2D eigenvalue weighted by molar-refractivity contribution is 0.737. The van der Waals surface area contributed by atoms with Gasteiger partial charge in [0.1, 0.15) is 0 Å². The predicted molar refractivity (Wildman–Crippen MR) is 93.5 cm³/mol. The average molecular weight is 261 g/mol. The lowest BCUT2D eigenvalue weighted by Crippen LogP contribution is -1.66. The van der Waals surface area contributed by atoms with E-state index in [0.29, 0.717) is 0 Å². The second-order valence-electron chi connectivity index (χ2n) is 4.42. The lowest BCUT2D eigenvalue weighted by atomic mass is 10.3. The number of unbranched alkanes of at least 4 members (excludes halogenated alkanes) is 1. The highest BCUT2D eigenvalue weighted by atomic mass is 13.7. The molecule has 0 fully saturated rings. The average Bonchev–Trinajstić information content (AvgIpc) is 2.33. The zero-order valence-corrected chi connectivity index (χ0v) is 15.8. The Bertz CT molecular complexity index is 89.9. The van der Waals surface area contributed by atoms with Crippen LogP contribution < -0.4 is 0 Å². The Morgan fingerprint density at radius 2 is 1.00 bits per heavy atom. The molecule has 0 unspecified atom stereocenters. The van der Waals surface area contributed by atoms with Crippen LogP contribution in [0.3, 0.4) is 0 Å². The van der Waals surface area contributed by atoms with Gasteiger partial charge in [-0.3, -0.25) is 0 Å². The van der Waals surface area contributed by atoms with Gasteiger partial charge in [0.2, 0.25) is 0 Å². The molecule has 0 aliphatic heterocycles. The third kappa shape index (κ3) is 244. The first-order chi connectivity index (χ1) is 8.42. The van der Waals surface area contributed by atoms with Gasteiger partial charge in [-0.1, -0.05) is 93.7 Å². The number of rotatable bonds is 2. The maximum Gasteiger partial charge on any atom is -0.0377 e. The van der Waals surface area contributed by atoms with Crippen molar-refractivity contribution in [3.63, 3.8) is 0 Å². The van der Waals surface area contributed by atoms with E-state index in [1.165, 1.54) is 24.8 Å². The second-order valence-corrected chi connectivity index (χ2v) is 4.42. The van der Waals surface area contributed by atoms with E-state index in [4.69, 9.17) is 0 Å². The molecule has 0 heterocycles. The first-order valence-corrected chi connectivity index (χ1v) is 8.05. The van der Waals surface area contributed by atoms with Crippen molar-refractivity contribution in [2.75, 3.05) is 0 Å². The van der Waals surface area contributed by atoms with Gasteiger partial charge in [-0.2, -0.15) is 0 Å². The van der Waals surface area contributed by atoms with Crippen molar-refractivity contribution in [1.29, 1.82) is 0 Å². The van der Waals surface area contributed by atoms with Crippen LogP contribution in [-0.2, 0) is 0 Å². The Kier molecular flexibility index (Phi) is 74.4. The van der Waals surface area contributed by atoms with Crippen molar-refractivity contribution in [2.45, 2.75) is 102 Å². The topological polar surface area (TPSA) is 0 Å². The quantitative estimate of drug-likeness (QED) is 0.443. The minimum absolute atomic E-state index is 0.833. The van der Waals surface area contributed by atoms with E-state index in [2.05, 4.69) is 61.5 Å². The van der Waals surface area contributed by atoms with Gasteiger partial charge >= 0.3 is 0 Å². The summed E-state index contributed by atoms with van der Waals surface area (Å²) in [5.41, 5.74) is 1.41. The normalized spacial score (nSPS) is 6.94. The molecule has 0 nitrogen and oxygen atoms in total. The molecule has 0 N–H and O–H groups in total. The molecular formula is C18H44. The van der Waals surface area contributed by atoms with E-state index in [1.807, 2.05) is 27.7 Å². The van der Waals surface area contributed by atoms with Gasteiger partial charge in [-0.25, -0.2) is 0 Å². The summed E-state index contributed by atoms with van der Waals surface area (Å²) in [6, 6.07) is 0. The van der Waals surface area contributed by atoms with Crippen molar-refractivity contribution in [3.05, 3.63) is 11.6 Å². The van der Waals surface area contributed by atoms with E-state index < -0.39 is 0 Å². The fourth-order valence-electron chi connectivity index (χ4n) is 0.408. The van der Waals surface area contributed by atoms with Crippen molar-refractivity contribution < 1.29 is 0 Å². The summed E-state index contributed by atoms with van der Waals surface area (Å²) in [6.45, 7) is 25.2. The highest BCUT2D eigenvalue weighted by Gasteiger charge is 1.68. The van der Waals surface area contributed by atoms with Crippen LogP contribution in [-0.4, -0.2) is 0 Å². The zero-order chi connectivity index (χ0) is 16.0. The van der Waals surface area contributed by atoms with E-state index in [0.717, 1.165) is 5.92 Å². The summed E-state index contributed by atoms with van der Waals surface area (Å²) in [5, 5.41) is 0. The zero-order valence-electron chi connectivity index (χ0n) is 15.8. The number of hydrogen-bond acceptors (Lipinski definition) is 0. The van der Waals surface area contributed by atoms with Crippen molar-refractivity contribution >= 4 is 0 Å². The van der Waals surface area contributed by atoms with Crippen LogP contribution in [0.1, 0.15) is 102 Å². The summed E-state index contributed by atoms with van der Waals surface area (Å²) < 4.78 is 0. The maximum atomic E-state index is 2.21. The van der Waals surface area contributed by atoms with Gasteiger partial charge in [-0.05, 0) is 26.2 Å². The first kappa shape index (κ1) is 30.6. The van der Waals surface area contributed by atoms with Crippen molar-refractivity contribution in [1.82, 2.24) is 0 Å². The molecule has 0 rings (SSSR count). The summed E-state index contributed by atoms with van der Waals surface area (Å²) in [7, 11) is 0. The Morgan fingerprint density at radius 3 is 1.00 bits per heavy atom. The maximum absolute atomic E-state index is 2.21. The van der Waals surface area contributed by atoms with Crippen LogP contribution in [0.15, 0.2) is 11.6 Å². The standard InChI is InChI=1S/C6H12.2C4H10.2C2H6/c1-4-5-6(2)3;1-4(2)3;1-3-4-2;2*1-2/h5H,4H2,1-3H3;4H,1-3H3;3-4H2,1-2H3;2*1-2H3. The van der Waals surface area contributed by atoms with E-state index >= 15 is 0 Å². The second kappa shape index (κ2) is 43.7. The van der Waals surface area contributed by atoms with Gasteiger partial charge in [0.15, 0.2) is 0 Å². The van der Waals surface area contributed by atoms with Crippen molar-refractivity contribution in [2.24, 2.45) is 5.92 Å². The third-order valence-corrected chi connectivity index (χ3v) is 1.11. The number of hydrogen-bond donors (Lipinski definition) is 0. The molecule has 0 aliphatic carbocycles. The molecule has 0 amide bonds. The smallest absolute Gasteiger partial charge is 0.0377 e. The molecule has 0 radical (unpaired) electrons. The van der Waals surface area contributed by atoms with Crippen LogP contribution in [0.2, 0.25) is 0 Å². The van der Waals surface area contributed by atoms with Crippen LogP contribution in [0, 0.1) is 5.92 Å². The lowest BCUT2D eigenvalue weighted by Gasteiger charge is -1.80. The monoisotopic (exact) mass is 260 g/mol. The summed E-state index contributed by atoms with van der Waals surface area (Å²) in [4.78, 5) is 0. The van der Waals surface area contributed by atoms with E-state index in [1.54, 1.807) is 0 Å². The number of allylic oxidation sites excluding steroid dienone is 2. The van der Waals surface area contributed by atoms with Gasteiger partial charge in [0.25, 0.3) is 0 Å². The van der Waals surface area contributed by atoms with Gasteiger partial charge in [0.05, 0.1) is 0 Å². The largest absolute Gasteiger partial charge is 0.0862 e. The van der Waals surface area contributed by atoms with E-state index in [-0.39, 0.29) is 0 Å². The molecule has 0 aromatic heterocycles. The fourth-order valence-corrected chi connectivity index (χ4v) is 0.408. The molecule has 0 heteroatoms. The molecule has 0 aromatic rings. The van der Waals surface area contributed by atoms with Gasteiger partial charge < -0.3 is 0 Å². The Hall–Kier alpha value is -0.260. The predicted octanol–water partition coefficient (Wildman–Crippen LogP) is 7.88. The SMILES string of the molecule is CC.CC.CC(C)C.CCC=C(C)C.CCCC. The molecule has 116 valence electrons. The summed E-state index contributed by atoms with van der Waals surface area (Å²) >= 11 is 0. The van der Waals surface area contributed by atoms with Gasteiger partial charge in [-0.15, -0.1) is 0 Å². The fraction of sp³-hybridized carbons (Fsp3) is 0.889. The molecule has 0 aliphatic rings. The van der Waals surface area contributed by atoms with E-state index in [9.17, 15) is 0 Å². The highest BCUT2D eigenvalue weighted by Crippen LogP contribution is 1.89. The molecular weight excluding hydrogens is 216 g/mol. The summed E-state index contributed by atoms with van der Waals surface area (Å²) in [5.74, 6) is 0.833. The molecule has 0 aromatic carbocycles. The summed E-state index contributed by atoms with van der Waals surface area (Å²) in [6.07, 6.45) is 6.02. The Balaban J connectivity index is -0.0000000420. The van der Waals surface area contributed by atoms with Crippen LogP contribution in [0.4, 0.5) is 0 Å². The molecule has 0 bridgehead atoms. The molecule has 18 heavy (non-hydrogen) atoms. The van der Waals surface area contributed by atoms with Crippen molar-refractivity contribution in [3.8, 4) is 0 Å². The molecule has 0 saturated carbocycles. The Morgan fingerprint density at radius 1 is 0.778 bits per heavy atom. The van der Waals surface area contributed by atoms with Crippen LogP contribution in [0.25, 0.3) is 0 Å². The minimum atomic E-state index is 0.833. The Labute approximate surface area is 120 Å². The minimum Gasteiger partial charge on any atom is -0.0862 e. The van der Waals surface area contributed by atoms with Crippen LogP contribution in [0.5, 0.6) is 0 Å². The third-order valence-electron chi connectivity index (χ3n) is 1.11. The van der Waals surface area contributed by atoms with Crippen LogP contribution >= 0.6 is 0 Å². The first-order valence-electron chi connectivity index (χ1n) is 8.05. The van der Waals surface area contributed by atoms with Gasteiger partial charge in [0, 0.05) is 0 Å². The molecule has 0 saturated heterocycles. The highest BCUT2D eigenvalue weighted by molar-refractivity contribution is 4.91.